The summed E-state index contributed by atoms with van der Waals surface area (Å²) in [6, 6.07) is 3.58. The summed E-state index contributed by atoms with van der Waals surface area (Å²) in [5.41, 5.74) is 0.661. The highest BCUT2D eigenvalue weighted by molar-refractivity contribution is 9.09. The minimum atomic E-state index is 0.0616. The Balaban J connectivity index is 2.65. The fraction of sp³-hybridized carbons (Fsp3) is 0.455. The van der Waals surface area contributed by atoms with E-state index >= 15 is 0 Å². The number of hydrogen-bond acceptors (Lipinski definition) is 2. The van der Waals surface area contributed by atoms with Crippen molar-refractivity contribution in [2.24, 2.45) is 0 Å². The van der Waals surface area contributed by atoms with Gasteiger partial charge in [0.05, 0.1) is 5.56 Å². The summed E-state index contributed by atoms with van der Waals surface area (Å²) in [4.78, 5) is 17.7. The summed E-state index contributed by atoms with van der Waals surface area (Å²) in [6.07, 6.45) is 4.25. The number of carbonyl (C=O) groups is 1. The topological polar surface area (TPSA) is 33.2 Å². The van der Waals surface area contributed by atoms with Gasteiger partial charge in [-0.2, -0.15) is 0 Å². The standard InChI is InChI=1S/C11H15BrN2O/c1-2-14(8-4-6-12)11(15)10-5-3-7-13-9-10/h3,5,7,9H,2,4,6,8H2,1H3. The lowest BCUT2D eigenvalue weighted by atomic mass is 10.2. The minimum Gasteiger partial charge on any atom is -0.339 e. The number of hydrogen-bond donors (Lipinski definition) is 0. The van der Waals surface area contributed by atoms with Crippen LogP contribution in [0.5, 0.6) is 0 Å². The molecular weight excluding hydrogens is 256 g/mol. The van der Waals surface area contributed by atoms with Gasteiger partial charge in [0.1, 0.15) is 0 Å². The number of alkyl halides is 1. The molecule has 0 spiro atoms. The summed E-state index contributed by atoms with van der Waals surface area (Å²) in [5, 5.41) is 0.920. The number of rotatable bonds is 5. The zero-order chi connectivity index (χ0) is 11.1. The van der Waals surface area contributed by atoms with Crippen LogP contribution < -0.4 is 0 Å². The van der Waals surface area contributed by atoms with Crippen LogP contribution in [0.1, 0.15) is 23.7 Å². The number of amides is 1. The first kappa shape index (κ1) is 12.2. The van der Waals surface area contributed by atoms with Gasteiger partial charge in [0.2, 0.25) is 0 Å². The third-order valence-electron chi connectivity index (χ3n) is 2.14. The van der Waals surface area contributed by atoms with E-state index in [9.17, 15) is 4.79 Å². The van der Waals surface area contributed by atoms with Crippen molar-refractivity contribution in [2.45, 2.75) is 13.3 Å². The average Bonchev–Trinajstić information content (AvgIpc) is 2.31. The maximum atomic E-state index is 12.0. The predicted octanol–water partition coefficient (Wildman–Crippen LogP) is 2.33. The number of pyridine rings is 1. The first-order valence-electron chi connectivity index (χ1n) is 5.04. The Hall–Kier alpha value is -0.900. The molecule has 0 aromatic carbocycles. The monoisotopic (exact) mass is 270 g/mol. The Labute approximate surface area is 98.6 Å². The average molecular weight is 271 g/mol. The molecule has 3 nitrogen and oxygen atoms in total. The highest BCUT2D eigenvalue weighted by Crippen LogP contribution is 2.04. The molecule has 1 heterocycles. The van der Waals surface area contributed by atoms with Gasteiger partial charge in [0.15, 0.2) is 0 Å². The van der Waals surface area contributed by atoms with Gasteiger partial charge in [-0.1, -0.05) is 15.9 Å². The Morgan fingerprint density at radius 1 is 1.60 bits per heavy atom. The van der Waals surface area contributed by atoms with E-state index in [0.717, 1.165) is 24.8 Å². The van der Waals surface area contributed by atoms with Crippen LogP contribution in [0.15, 0.2) is 24.5 Å². The van der Waals surface area contributed by atoms with E-state index in [-0.39, 0.29) is 5.91 Å². The quantitative estimate of drug-likeness (QED) is 0.770. The summed E-state index contributed by atoms with van der Waals surface area (Å²) >= 11 is 3.36. The van der Waals surface area contributed by atoms with Crippen LogP contribution >= 0.6 is 15.9 Å². The largest absolute Gasteiger partial charge is 0.339 e. The third-order valence-corrected chi connectivity index (χ3v) is 2.70. The molecule has 4 heteroatoms. The lowest BCUT2D eigenvalue weighted by Crippen LogP contribution is -2.32. The molecule has 0 saturated carbocycles. The van der Waals surface area contributed by atoms with Crippen molar-refractivity contribution < 1.29 is 4.79 Å². The molecule has 1 amide bonds. The maximum Gasteiger partial charge on any atom is 0.255 e. The van der Waals surface area contributed by atoms with E-state index in [1.807, 2.05) is 11.8 Å². The molecule has 82 valence electrons. The van der Waals surface area contributed by atoms with Crippen LogP contribution in [-0.4, -0.2) is 34.2 Å². The summed E-state index contributed by atoms with van der Waals surface area (Å²) in [7, 11) is 0. The summed E-state index contributed by atoms with van der Waals surface area (Å²) < 4.78 is 0. The van der Waals surface area contributed by atoms with Crippen molar-refractivity contribution in [3.63, 3.8) is 0 Å². The van der Waals surface area contributed by atoms with Crippen molar-refractivity contribution in [2.75, 3.05) is 18.4 Å². The van der Waals surface area contributed by atoms with Crippen LogP contribution in [0.2, 0.25) is 0 Å². The molecule has 0 fully saturated rings. The summed E-state index contributed by atoms with van der Waals surface area (Å²) in [6.45, 7) is 3.51. The van der Waals surface area contributed by atoms with Crippen LogP contribution in [0.25, 0.3) is 0 Å². The Morgan fingerprint density at radius 3 is 2.93 bits per heavy atom. The highest BCUT2D eigenvalue weighted by Gasteiger charge is 2.12. The highest BCUT2D eigenvalue weighted by atomic mass is 79.9. The fourth-order valence-electron chi connectivity index (χ4n) is 1.33. The van der Waals surface area contributed by atoms with Gasteiger partial charge in [-0.25, -0.2) is 0 Å². The van der Waals surface area contributed by atoms with Crippen molar-refractivity contribution in [1.82, 2.24) is 9.88 Å². The smallest absolute Gasteiger partial charge is 0.255 e. The van der Waals surface area contributed by atoms with Crippen LogP contribution in [0.4, 0.5) is 0 Å². The molecular formula is C11H15BrN2O. The van der Waals surface area contributed by atoms with E-state index in [4.69, 9.17) is 0 Å². The van der Waals surface area contributed by atoms with Crippen molar-refractivity contribution in [3.8, 4) is 0 Å². The Bertz CT molecular complexity index is 303. The molecule has 0 unspecified atom stereocenters. The molecule has 0 bridgehead atoms. The maximum absolute atomic E-state index is 12.0. The van der Waals surface area contributed by atoms with Crippen LogP contribution in [-0.2, 0) is 0 Å². The fourth-order valence-corrected chi connectivity index (χ4v) is 1.58. The van der Waals surface area contributed by atoms with Gasteiger partial charge in [0, 0.05) is 30.8 Å². The SMILES string of the molecule is CCN(CCCBr)C(=O)c1cccnc1. The molecule has 0 aliphatic carbocycles. The number of aromatic nitrogens is 1. The molecule has 1 aromatic heterocycles. The number of halogens is 1. The van der Waals surface area contributed by atoms with E-state index in [1.165, 1.54) is 0 Å². The zero-order valence-electron chi connectivity index (χ0n) is 8.82. The van der Waals surface area contributed by atoms with Gasteiger partial charge in [-0.3, -0.25) is 9.78 Å². The molecule has 15 heavy (non-hydrogen) atoms. The molecule has 0 N–H and O–H groups in total. The molecule has 0 aliphatic rings. The number of nitrogens with zero attached hydrogens (tertiary/aromatic N) is 2. The third kappa shape index (κ3) is 3.63. The van der Waals surface area contributed by atoms with Gasteiger partial charge >= 0.3 is 0 Å². The number of carbonyl (C=O) groups excluding carboxylic acids is 1. The second-order valence-corrected chi connectivity index (χ2v) is 3.96. The van der Waals surface area contributed by atoms with Gasteiger partial charge < -0.3 is 4.90 Å². The molecule has 0 saturated heterocycles. The van der Waals surface area contributed by atoms with Gasteiger partial charge in [-0.05, 0) is 25.5 Å². The summed E-state index contributed by atoms with van der Waals surface area (Å²) in [5.74, 6) is 0.0616. The van der Waals surface area contributed by atoms with E-state index in [1.54, 1.807) is 24.5 Å². The molecule has 0 atom stereocenters. The Morgan fingerprint density at radius 2 is 2.40 bits per heavy atom. The first-order chi connectivity index (χ1) is 7.29. The van der Waals surface area contributed by atoms with Crippen LogP contribution in [0, 0.1) is 0 Å². The van der Waals surface area contributed by atoms with E-state index in [0.29, 0.717) is 5.56 Å². The van der Waals surface area contributed by atoms with Crippen LogP contribution in [0.3, 0.4) is 0 Å². The zero-order valence-corrected chi connectivity index (χ0v) is 10.4. The lowest BCUT2D eigenvalue weighted by Gasteiger charge is -2.20. The molecule has 1 aromatic rings. The van der Waals surface area contributed by atoms with Gasteiger partial charge in [0.25, 0.3) is 5.91 Å². The second kappa shape index (κ2) is 6.56. The molecule has 0 radical (unpaired) electrons. The molecule has 0 aliphatic heterocycles. The van der Waals surface area contributed by atoms with Crippen molar-refractivity contribution >= 4 is 21.8 Å². The van der Waals surface area contributed by atoms with Gasteiger partial charge in [-0.15, -0.1) is 0 Å². The Kier molecular flexibility index (Phi) is 5.32. The lowest BCUT2D eigenvalue weighted by molar-refractivity contribution is 0.0764. The van der Waals surface area contributed by atoms with Crippen molar-refractivity contribution in [3.05, 3.63) is 30.1 Å². The van der Waals surface area contributed by atoms with E-state index in [2.05, 4.69) is 20.9 Å². The minimum absolute atomic E-state index is 0.0616. The first-order valence-corrected chi connectivity index (χ1v) is 6.17. The predicted molar refractivity (Wildman–Crippen MR) is 64.2 cm³/mol. The van der Waals surface area contributed by atoms with Crippen molar-refractivity contribution in [1.29, 1.82) is 0 Å². The van der Waals surface area contributed by atoms with E-state index < -0.39 is 0 Å². The molecule has 1 rings (SSSR count). The second-order valence-electron chi connectivity index (χ2n) is 3.17. The normalized spacial score (nSPS) is 10.0.